The number of azide groups is 1. The quantitative estimate of drug-likeness (QED) is 0.266. The zero-order valence-electron chi connectivity index (χ0n) is 9.70. The van der Waals surface area contributed by atoms with Gasteiger partial charge < -0.3 is 4.74 Å². The molecule has 0 saturated carbocycles. The zero-order chi connectivity index (χ0) is 13.4. The van der Waals surface area contributed by atoms with Gasteiger partial charge in [0.05, 0.1) is 25.2 Å². The Hall–Kier alpha value is -2.77. The molecule has 90 valence electrons. The van der Waals surface area contributed by atoms with Gasteiger partial charge in [0, 0.05) is 10.6 Å². The fourth-order valence-electron chi connectivity index (χ4n) is 1.33. The average molecular weight is 242 g/mol. The van der Waals surface area contributed by atoms with Crippen LogP contribution in [0.3, 0.4) is 0 Å². The Morgan fingerprint density at radius 2 is 2.33 bits per heavy atom. The zero-order valence-corrected chi connectivity index (χ0v) is 9.70. The standard InChI is InChI=1S/C12H10N4O2/c1-18-12(17)10(6-7-13)8-9-4-2-3-5-11(9)15-16-14/h2-5,8H,6H2,1H3/b10-8+. The van der Waals surface area contributed by atoms with Crippen LogP contribution in [0.15, 0.2) is 35.0 Å². The van der Waals surface area contributed by atoms with Crippen molar-refractivity contribution < 1.29 is 9.53 Å². The van der Waals surface area contributed by atoms with E-state index in [1.54, 1.807) is 24.3 Å². The number of carbonyl (C=O) groups excluding carboxylic acids is 1. The van der Waals surface area contributed by atoms with E-state index in [0.717, 1.165) is 0 Å². The van der Waals surface area contributed by atoms with Crippen LogP contribution in [0, 0.1) is 11.3 Å². The molecular weight excluding hydrogens is 232 g/mol. The van der Waals surface area contributed by atoms with E-state index >= 15 is 0 Å². The van der Waals surface area contributed by atoms with Crippen LogP contribution in [-0.2, 0) is 9.53 Å². The van der Waals surface area contributed by atoms with Gasteiger partial charge in [-0.1, -0.05) is 29.4 Å². The maximum Gasteiger partial charge on any atom is 0.334 e. The van der Waals surface area contributed by atoms with Gasteiger partial charge >= 0.3 is 5.97 Å². The van der Waals surface area contributed by atoms with Crippen molar-refractivity contribution in [2.75, 3.05) is 7.11 Å². The Morgan fingerprint density at radius 1 is 1.61 bits per heavy atom. The first-order valence-electron chi connectivity index (χ1n) is 5.03. The number of nitrogens with zero attached hydrogens (tertiary/aromatic N) is 4. The van der Waals surface area contributed by atoms with E-state index in [0.29, 0.717) is 11.3 Å². The summed E-state index contributed by atoms with van der Waals surface area (Å²) >= 11 is 0. The van der Waals surface area contributed by atoms with Gasteiger partial charge in [0.25, 0.3) is 0 Å². The van der Waals surface area contributed by atoms with Crippen molar-refractivity contribution in [2.45, 2.75) is 6.42 Å². The highest BCUT2D eigenvalue weighted by molar-refractivity contribution is 5.94. The van der Waals surface area contributed by atoms with Crippen molar-refractivity contribution in [3.05, 3.63) is 45.8 Å². The molecule has 0 aliphatic rings. The normalized spacial score (nSPS) is 10.1. The highest BCUT2D eigenvalue weighted by atomic mass is 16.5. The molecular formula is C12H10N4O2. The molecule has 0 heterocycles. The molecule has 0 aromatic heterocycles. The molecule has 0 spiro atoms. The summed E-state index contributed by atoms with van der Waals surface area (Å²) in [6.07, 6.45) is 1.41. The summed E-state index contributed by atoms with van der Waals surface area (Å²) < 4.78 is 4.58. The molecule has 1 aromatic carbocycles. The lowest BCUT2D eigenvalue weighted by molar-refractivity contribution is -0.136. The van der Waals surface area contributed by atoms with Gasteiger partial charge in [0.15, 0.2) is 0 Å². The Kier molecular flexibility index (Phi) is 4.98. The van der Waals surface area contributed by atoms with Crippen LogP contribution in [0.1, 0.15) is 12.0 Å². The van der Waals surface area contributed by atoms with Crippen molar-refractivity contribution in [3.8, 4) is 6.07 Å². The third-order valence-corrected chi connectivity index (χ3v) is 2.14. The van der Waals surface area contributed by atoms with Crippen LogP contribution in [-0.4, -0.2) is 13.1 Å². The van der Waals surface area contributed by atoms with Crippen LogP contribution in [0.5, 0.6) is 0 Å². The number of nitriles is 1. The third kappa shape index (κ3) is 3.37. The van der Waals surface area contributed by atoms with Crippen molar-refractivity contribution >= 4 is 17.7 Å². The van der Waals surface area contributed by atoms with Crippen LogP contribution < -0.4 is 0 Å². The van der Waals surface area contributed by atoms with E-state index < -0.39 is 5.97 Å². The third-order valence-electron chi connectivity index (χ3n) is 2.14. The number of hydrogen-bond acceptors (Lipinski definition) is 4. The Labute approximate surface area is 104 Å². The van der Waals surface area contributed by atoms with E-state index in [-0.39, 0.29) is 12.0 Å². The molecule has 0 aliphatic heterocycles. The van der Waals surface area contributed by atoms with Crippen LogP contribution >= 0.6 is 0 Å². The monoisotopic (exact) mass is 242 g/mol. The molecule has 0 radical (unpaired) electrons. The lowest BCUT2D eigenvalue weighted by atomic mass is 10.1. The predicted octanol–water partition coefficient (Wildman–Crippen LogP) is 3.10. The fraction of sp³-hybridized carbons (Fsp3) is 0.167. The number of methoxy groups -OCH3 is 1. The molecule has 0 atom stereocenters. The molecule has 0 N–H and O–H groups in total. The highest BCUT2D eigenvalue weighted by Gasteiger charge is 2.10. The lowest BCUT2D eigenvalue weighted by Gasteiger charge is -2.03. The first-order chi connectivity index (χ1) is 8.72. The second-order valence-electron chi connectivity index (χ2n) is 3.24. The fourth-order valence-corrected chi connectivity index (χ4v) is 1.33. The Bertz CT molecular complexity index is 566. The first-order valence-corrected chi connectivity index (χ1v) is 5.03. The lowest BCUT2D eigenvalue weighted by Crippen LogP contribution is -2.04. The van der Waals surface area contributed by atoms with E-state index in [2.05, 4.69) is 14.8 Å². The van der Waals surface area contributed by atoms with Gasteiger partial charge in [-0.3, -0.25) is 0 Å². The summed E-state index contributed by atoms with van der Waals surface area (Å²) in [5, 5.41) is 12.2. The largest absolute Gasteiger partial charge is 0.466 e. The number of rotatable bonds is 4. The van der Waals surface area contributed by atoms with E-state index in [1.165, 1.54) is 13.2 Å². The molecule has 18 heavy (non-hydrogen) atoms. The summed E-state index contributed by atoms with van der Waals surface area (Å²) in [6.45, 7) is 0. The smallest absolute Gasteiger partial charge is 0.334 e. The van der Waals surface area contributed by atoms with Gasteiger partial charge in [0.1, 0.15) is 0 Å². The van der Waals surface area contributed by atoms with Crippen molar-refractivity contribution in [1.29, 1.82) is 5.26 Å². The van der Waals surface area contributed by atoms with Gasteiger partial charge in [0.2, 0.25) is 0 Å². The molecule has 0 unspecified atom stereocenters. The van der Waals surface area contributed by atoms with Crippen LogP contribution in [0.2, 0.25) is 0 Å². The maximum absolute atomic E-state index is 11.4. The summed E-state index contributed by atoms with van der Waals surface area (Å²) in [4.78, 5) is 14.1. The first kappa shape index (κ1) is 13.3. The Morgan fingerprint density at radius 3 is 2.94 bits per heavy atom. The molecule has 1 rings (SSSR count). The highest BCUT2D eigenvalue weighted by Crippen LogP contribution is 2.22. The van der Waals surface area contributed by atoms with Crippen LogP contribution in [0.4, 0.5) is 5.69 Å². The minimum absolute atomic E-state index is 0.0721. The van der Waals surface area contributed by atoms with Crippen LogP contribution in [0.25, 0.3) is 16.5 Å². The van der Waals surface area contributed by atoms with Crippen molar-refractivity contribution in [3.63, 3.8) is 0 Å². The van der Waals surface area contributed by atoms with E-state index in [9.17, 15) is 4.79 Å². The molecule has 0 amide bonds. The number of hydrogen-bond donors (Lipinski definition) is 0. The molecule has 0 saturated heterocycles. The Balaban J connectivity index is 3.24. The number of benzene rings is 1. The van der Waals surface area contributed by atoms with Crippen molar-refractivity contribution in [1.82, 2.24) is 0 Å². The second-order valence-corrected chi connectivity index (χ2v) is 3.24. The summed E-state index contributed by atoms with van der Waals surface area (Å²) in [5.74, 6) is -0.577. The SMILES string of the molecule is COC(=O)/C(=C/c1ccccc1N=[N+]=[N-])CC#N. The molecule has 0 fully saturated rings. The summed E-state index contributed by atoms with van der Waals surface area (Å²) in [5.41, 5.74) is 9.59. The van der Waals surface area contributed by atoms with Gasteiger partial charge in [-0.05, 0) is 17.2 Å². The summed E-state index contributed by atoms with van der Waals surface area (Å²) in [6, 6.07) is 8.64. The second kappa shape index (κ2) is 6.74. The predicted molar refractivity (Wildman–Crippen MR) is 65.5 cm³/mol. The molecule has 1 aromatic rings. The summed E-state index contributed by atoms with van der Waals surface area (Å²) in [7, 11) is 1.24. The van der Waals surface area contributed by atoms with E-state index in [4.69, 9.17) is 10.8 Å². The topological polar surface area (TPSA) is 98.8 Å². The molecule has 6 heteroatoms. The average Bonchev–Trinajstić information content (AvgIpc) is 2.39. The van der Waals surface area contributed by atoms with Crippen molar-refractivity contribution in [2.24, 2.45) is 5.11 Å². The maximum atomic E-state index is 11.4. The minimum Gasteiger partial charge on any atom is -0.466 e. The minimum atomic E-state index is -0.577. The number of ether oxygens (including phenoxy) is 1. The molecule has 6 nitrogen and oxygen atoms in total. The van der Waals surface area contributed by atoms with E-state index in [1.807, 2.05) is 6.07 Å². The number of carbonyl (C=O) groups is 1. The van der Waals surface area contributed by atoms with Gasteiger partial charge in [-0.2, -0.15) is 5.26 Å². The number of esters is 1. The van der Waals surface area contributed by atoms with Gasteiger partial charge in [-0.15, -0.1) is 0 Å². The molecule has 0 aliphatic carbocycles. The van der Waals surface area contributed by atoms with Gasteiger partial charge in [-0.25, -0.2) is 4.79 Å². The molecule has 0 bridgehead atoms.